The molecule has 7 heteroatoms. The van der Waals surface area contributed by atoms with Crippen molar-refractivity contribution in [3.05, 3.63) is 70.1 Å². The first-order valence-corrected chi connectivity index (χ1v) is 8.61. The van der Waals surface area contributed by atoms with Crippen molar-refractivity contribution in [3.63, 3.8) is 0 Å². The van der Waals surface area contributed by atoms with Crippen molar-refractivity contribution in [2.75, 3.05) is 0 Å². The number of nitrogens with one attached hydrogen (secondary N) is 1. The van der Waals surface area contributed by atoms with E-state index < -0.39 is 5.91 Å². The van der Waals surface area contributed by atoms with Gasteiger partial charge in [-0.05, 0) is 55.0 Å². The van der Waals surface area contributed by atoms with E-state index in [1.807, 2.05) is 19.1 Å². The number of aryl methyl sites for hydroxylation is 1. The minimum Gasteiger partial charge on any atom is -0.508 e. The van der Waals surface area contributed by atoms with Gasteiger partial charge in [-0.15, -0.1) is 0 Å². The Kier molecular flexibility index (Phi) is 4.87. The fourth-order valence-corrected chi connectivity index (χ4v) is 3.34. The molecular formula is C18H14N2O3S2. The standard InChI is InChI=1S/C18H14N2O3S2/c1-11-2-6-13(7-3-11)16(22)19-20-17(23)15(25-18(20)24)10-12-4-8-14(21)9-5-12/h2-10,21H,1H3,(H,19,22)/b15-10-. The normalized spacial score (nSPS) is 15.7. The summed E-state index contributed by atoms with van der Waals surface area (Å²) in [5.41, 5.74) is 4.78. The second kappa shape index (κ2) is 7.08. The van der Waals surface area contributed by atoms with Crippen LogP contribution in [0.2, 0.25) is 0 Å². The summed E-state index contributed by atoms with van der Waals surface area (Å²) in [5, 5.41) is 10.4. The Morgan fingerprint density at radius 1 is 1.16 bits per heavy atom. The van der Waals surface area contributed by atoms with E-state index >= 15 is 0 Å². The van der Waals surface area contributed by atoms with Gasteiger partial charge in [0.15, 0.2) is 4.32 Å². The van der Waals surface area contributed by atoms with Gasteiger partial charge >= 0.3 is 0 Å². The Balaban J connectivity index is 1.76. The molecule has 1 aliphatic rings. The summed E-state index contributed by atoms with van der Waals surface area (Å²) in [6, 6.07) is 13.5. The third-order valence-corrected chi connectivity index (χ3v) is 4.81. The van der Waals surface area contributed by atoms with Crippen LogP contribution < -0.4 is 5.43 Å². The lowest BCUT2D eigenvalue weighted by Crippen LogP contribution is -2.44. The van der Waals surface area contributed by atoms with Gasteiger partial charge in [-0.3, -0.25) is 15.0 Å². The molecule has 0 atom stereocenters. The summed E-state index contributed by atoms with van der Waals surface area (Å²) < 4.78 is 0.260. The van der Waals surface area contributed by atoms with Crippen molar-refractivity contribution < 1.29 is 14.7 Å². The maximum atomic E-state index is 12.5. The topological polar surface area (TPSA) is 69.6 Å². The lowest BCUT2D eigenvalue weighted by atomic mass is 10.1. The quantitative estimate of drug-likeness (QED) is 0.641. The molecule has 2 aromatic rings. The highest BCUT2D eigenvalue weighted by Gasteiger charge is 2.33. The molecule has 1 aliphatic heterocycles. The van der Waals surface area contributed by atoms with Crippen molar-refractivity contribution in [1.82, 2.24) is 10.4 Å². The number of phenolic OH excluding ortho intramolecular Hbond substituents is 1. The van der Waals surface area contributed by atoms with Gasteiger partial charge in [0, 0.05) is 5.56 Å². The first-order chi connectivity index (χ1) is 11.9. The van der Waals surface area contributed by atoms with Crippen LogP contribution in [0, 0.1) is 6.92 Å². The third-order valence-electron chi connectivity index (χ3n) is 3.51. The molecule has 1 saturated heterocycles. The molecular weight excluding hydrogens is 356 g/mol. The van der Waals surface area contributed by atoms with Crippen LogP contribution >= 0.6 is 24.0 Å². The molecule has 1 fully saturated rings. The maximum Gasteiger partial charge on any atom is 0.285 e. The molecule has 2 amide bonds. The Bertz CT molecular complexity index is 874. The number of rotatable bonds is 3. The van der Waals surface area contributed by atoms with Gasteiger partial charge in [0.05, 0.1) is 4.91 Å². The molecule has 0 radical (unpaired) electrons. The van der Waals surface area contributed by atoms with Crippen LogP contribution in [0.25, 0.3) is 6.08 Å². The third kappa shape index (κ3) is 3.89. The summed E-state index contributed by atoms with van der Waals surface area (Å²) in [6.07, 6.45) is 1.66. The molecule has 0 aliphatic carbocycles. The van der Waals surface area contributed by atoms with Crippen LogP contribution in [0.3, 0.4) is 0 Å². The molecule has 5 nitrogen and oxygen atoms in total. The number of nitrogens with zero attached hydrogens (tertiary/aromatic N) is 1. The molecule has 0 spiro atoms. The fourth-order valence-electron chi connectivity index (χ4n) is 2.16. The summed E-state index contributed by atoms with van der Waals surface area (Å²) in [6.45, 7) is 1.93. The van der Waals surface area contributed by atoms with E-state index in [0.29, 0.717) is 10.5 Å². The lowest BCUT2D eigenvalue weighted by Gasteiger charge is -2.15. The highest BCUT2D eigenvalue weighted by Crippen LogP contribution is 2.31. The van der Waals surface area contributed by atoms with Gasteiger partial charge in [0.2, 0.25) is 0 Å². The van der Waals surface area contributed by atoms with E-state index in [-0.39, 0.29) is 16.0 Å². The van der Waals surface area contributed by atoms with Gasteiger partial charge in [-0.2, -0.15) is 5.01 Å². The summed E-state index contributed by atoms with van der Waals surface area (Å²) >= 11 is 6.31. The van der Waals surface area contributed by atoms with Crippen LogP contribution in [0.1, 0.15) is 21.5 Å². The van der Waals surface area contributed by atoms with E-state index in [4.69, 9.17) is 12.2 Å². The second-order valence-corrected chi connectivity index (χ2v) is 7.09. The number of phenols is 1. The number of benzene rings is 2. The number of carbonyl (C=O) groups excluding carboxylic acids is 2. The van der Waals surface area contributed by atoms with Crippen molar-refractivity contribution in [1.29, 1.82) is 0 Å². The monoisotopic (exact) mass is 370 g/mol. The Hall–Kier alpha value is -2.64. The number of thiocarbonyl (C=S) groups is 1. The predicted octanol–water partition coefficient (Wildman–Crippen LogP) is 3.25. The maximum absolute atomic E-state index is 12.5. The van der Waals surface area contributed by atoms with Crippen molar-refractivity contribution in [3.8, 4) is 5.75 Å². The van der Waals surface area contributed by atoms with Gasteiger partial charge < -0.3 is 5.11 Å². The molecule has 0 unspecified atom stereocenters. The molecule has 0 aromatic heterocycles. The smallest absolute Gasteiger partial charge is 0.285 e. The molecule has 1 heterocycles. The lowest BCUT2D eigenvalue weighted by molar-refractivity contribution is -0.123. The molecule has 25 heavy (non-hydrogen) atoms. The van der Waals surface area contributed by atoms with Crippen LogP contribution in [-0.2, 0) is 4.79 Å². The average Bonchev–Trinajstić information content (AvgIpc) is 2.85. The van der Waals surface area contributed by atoms with Crippen LogP contribution in [-0.4, -0.2) is 26.3 Å². The van der Waals surface area contributed by atoms with E-state index in [2.05, 4.69) is 5.43 Å². The zero-order valence-corrected chi connectivity index (χ0v) is 14.9. The van der Waals surface area contributed by atoms with Gasteiger partial charge in [-0.1, -0.05) is 41.6 Å². The molecule has 126 valence electrons. The number of hydrogen-bond acceptors (Lipinski definition) is 5. The highest BCUT2D eigenvalue weighted by molar-refractivity contribution is 8.26. The van der Waals surface area contributed by atoms with E-state index in [9.17, 15) is 14.7 Å². The number of hydrogen-bond donors (Lipinski definition) is 2. The molecule has 3 rings (SSSR count). The number of aromatic hydroxyl groups is 1. The van der Waals surface area contributed by atoms with E-state index in [1.165, 1.54) is 12.1 Å². The SMILES string of the molecule is Cc1ccc(C(=O)NN2C(=O)/C(=C/c3ccc(O)cc3)SC2=S)cc1. The van der Waals surface area contributed by atoms with E-state index in [0.717, 1.165) is 27.9 Å². The molecule has 0 bridgehead atoms. The first-order valence-electron chi connectivity index (χ1n) is 7.39. The minimum atomic E-state index is -0.401. The summed E-state index contributed by atoms with van der Waals surface area (Å²) in [7, 11) is 0. The van der Waals surface area contributed by atoms with E-state index in [1.54, 1.807) is 30.3 Å². The van der Waals surface area contributed by atoms with Gasteiger partial charge in [0.25, 0.3) is 11.8 Å². The first kappa shape index (κ1) is 17.2. The number of amides is 2. The minimum absolute atomic E-state index is 0.148. The Morgan fingerprint density at radius 2 is 1.80 bits per heavy atom. The number of carbonyl (C=O) groups is 2. The zero-order chi connectivity index (χ0) is 18.0. The number of hydrazine groups is 1. The summed E-state index contributed by atoms with van der Waals surface area (Å²) in [4.78, 5) is 25.2. The van der Waals surface area contributed by atoms with Crippen LogP contribution in [0.4, 0.5) is 0 Å². The van der Waals surface area contributed by atoms with Crippen molar-refractivity contribution >= 4 is 46.2 Å². The molecule has 0 saturated carbocycles. The van der Waals surface area contributed by atoms with Crippen molar-refractivity contribution in [2.24, 2.45) is 0 Å². The largest absolute Gasteiger partial charge is 0.508 e. The van der Waals surface area contributed by atoms with Gasteiger partial charge in [0.1, 0.15) is 5.75 Å². The highest BCUT2D eigenvalue weighted by atomic mass is 32.2. The fraction of sp³-hybridized carbons (Fsp3) is 0.0556. The predicted molar refractivity (Wildman–Crippen MR) is 102 cm³/mol. The number of thioether (sulfide) groups is 1. The van der Waals surface area contributed by atoms with Crippen molar-refractivity contribution in [2.45, 2.75) is 6.92 Å². The molecule has 2 aromatic carbocycles. The Labute approximate surface area is 154 Å². The summed E-state index contributed by atoms with van der Waals surface area (Å²) in [5.74, 6) is -0.638. The van der Waals surface area contributed by atoms with Crippen LogP contribution in [0.5, 0.6) is 5.75 Å². The second-order valence-electron chi connectivity index (χ2n) is 5.42. The average molecular weight is 370 g/mol. The zero-order valence-electron chi connectivity index (χ0n) is 13.2. The van der Waals surface area contributed by atoms with Crippen LogP contribution in [0.15, 0.2) is 53.4 Å². The Morgan fingerprint density at radius 3 is 2.44 bits per heavy atom. The molecule has 2 N–H and O–H groups in total. The van der Waals surface area contributed by atoms with Gasteiger partial charge in [-0.25, -0.2) is 0 Å².